The van der Waals surface area contributed by atoms with E-state index in [1.54, 1.807) is 0 Å². The summed E-state index contributed by atoms with van der Waals surface area (Å²) < 4.78 is 0. The molecule has 0 saturated heterocycles. The van der Waals surface area contributed by atoms with E-state index in [-0.39, 0.29) is 0 Å². The van der Waals surface area contributed by atoms with E-state index in [0.717, 1.165) is 5.92 Å². The maximum atomic E-state index is 2.25. The lowest BCUT2D eigenvalue weighted by Crippen LogP contribution is -1.98. The SMILES string of the molecule is CC1C=C[B]CC1. The molecule has 0 aromatic rings. The van der Waals surface area contributed by atoms with E-state index in [1.165, 1.54) is 12.7 Å². The summed E-state index contributed by atoms with van der Waals surface area (Å²) in [7, 11) is 2.22. The van der Waals surface area contributed by atoms with Gasteiger partial charge < -0.3 is 0 Å². The summed E-state index contributed by atoms with van der Waals surface area (Å²) in [6.07, 6.45) is 4.87. The lowest BCUT2D eigenvalue weighted by molar-refractivity contribution is 0.689. The third kappa shape index (κ3) is 1.38. The van der Waals surface area contributed by atoms with Crippen LogP contribution in [0, 0.1) is 5.92 Å². The largest absolute Gasteiger partial charge is 0.140 e. The van der Waals surface area contributed by atoms with Crippen LogP contribution in [-0.4, -0.2) is 7.28 Å². The van der Waals surface area contributed by atoms with E-state index in [1.807, 2.05) is 0 Å². The molecular formula is C6H10B. The van der Waals surface area contributed by atoms with Crippen molar-refractivity contribution in [3.8, 4) is 0 Å². The summed E-state index contributed by atoms with van der Waals surface area (Å²) in [5.41, 5.74) is 0. The van der Waals surface area contributed by atoms with Gasteiger partial charge in [-0.25, -0.2) is 0 Å². The topological polar surface area (TPSA) is 0 Å². The van der Waals surface area contributed by atoms with Gasteiger partial charge in [0.25, 0.3) is 0 Å². The summed E-state index contributed by atoms with van der Waals surface area (Å²) in [5.74, 6) is 2.98. The van der Waals surface area contributed by atoms with Gasteiger partial charge in [-0.1, -0.05) is 25.7 Å². The quantitative estimate of drug-likeness (QED) is 0.399. The molecule has 37 valence electrons. The number of hydrogen-bond acceptors (Lipinski definition) is 0. The zero-order valence-electron chi connectivity index (χ0n) is 4.72. The van der Waals surface area contributed by atoms with Crippen molar-refractivity contribution < 1.29 is 0 Å². The number of allylic oxidation sites excluding steroid dienone is 1. The fourth-order valence-corrected chi connectivity index (χ4v) is 0.820. The molecule has 0 aromatic carbocycles. The molecule has 0 spiro atoms. The Bertz CT molecular complexity index is 76.2. The summed E-state index contributed by atoms with van der Waals surface area (Å²) >= 11 is 0. The molecule has 1 rings (SSSR count). The second-order valence-corrected chi connectivity index (χ2v) is 2.18. The van der Waals surface area contributed by atoms with Crippen LogP contribution in [0.15, 0.2) is 12.1 Å². The van der Waals surface area contributed by atoms with Gasteiger partial charge in [0.15, 0.2) is 0 Å². The molecule has 0 aromatic heterocycles. The van der Waals surface area contributed by atoms with Crippen molar-refractivity contribution in [1.82, 2.24) is 0 Å². The van der Waals surface area contributed by atoms with Crippen LogP contribution in [0.1, 0.15) is 13.3 Å². The Balaban J connectivity index is 2.36. The van der Waals surface area contributed by atoms with Crippen molar-refractivity contribution >= 4 is 7.28 Å². The molecule has 1 radical (unpaired) electrons. The molecule has 0 nitrogen and oxygen atoms in total. The van der Waals surface area contributed by atoms with Crippen molar-refractivity contribution in [1.29, 1.82) is 0 Å². The minimum absolute atomic E-state index is 0.824. The molecule has 0 bridgehead atoms. The Morgan fingerprint density at radius 1 is 1.71 bits per heavy atom. The van der Waals surface area contributed by atoms with E-state index < -0.39 is 0 Å². The van der Waals surface area contributed by atoms with Crippen molar-refractivity contribution in [3.63, 3.8) is 0 Å². The molecule has 0 saturated carbocycles. The monoisotopic (exact) mass is 93.1 g/mol. The minimum Gasteiger partial charge on any atom is -0.126 e. The van der Waals surface area contributed by atoms with Gasteiger partial charge >= 0.3 is 0 Å². The highest BCUT2D eigenvalue weighted by Gasteiger charge is 2.00. The zero-order chi connectivity index (χ0) is 5.11. The molecule has 1 heterocycles. The molecular weight excluding hydrogens is 82.9 g/mol. The Hall–Kier alpha value is -0.195. The highest BCUT2D eigenvalue weighted by Crippen LogP contribution is 2.10. The van der Waals surface area contributed by atoms with Gasteiger partial charge in [-0.15, -0.1) is 5.98 Å². The Labute approximate surface area is 45.9 Å². The molecule has 0 aliphatic carbocycles. The second kappa shape index (κ2) is 2.20. The van der Waals surface area contributed by atoms with Gasteiger partial charge in [0.05, 0.1) is 0 Å². The highest BCUT2D eigenvalue weighted by atomic mass is 14.0. The van der Waals surface area contributed by atoms with Crippen molar-refractivity contribution in [3.05, 3.63) is 12.1 Å². The zero-order valence-corrected chi connectivity index (χ0v) is 4.72. The smallest absolute Gasteiger partial charge is 0.126 e. The van der Waals surface area contributed by atoms with Crippen molar-refractivity contribution in [2.75, 3.05) is 0 Å². The fourth-order valence-electron chi connectivity index (χ4n) is 0.820. The van der Waals surface area contributed by atoms with Crippen LogP contribution in [-0.2, 0) is 0 Å². The van der Waals surface area contributed by atoms with Gasteiger partial charge in [-0.2, -0.15) is 0 Å². The molecule has 0 fully saturated rings. The molecule has 7 heavy (non-hydrogen) atoms. The first-order valence-corrected chi connectivity index (χ1v) is 2.89. The molecule has 0 amide bonds. The Morgan fingerprint density at radius 2 is 2.57 bits per heavy atom. The molecule has 0 N–H and O–H groups in total. The van der Waals surface area contributed by atoms with Gasteiger partial charge in [-0.05, 0) is 5.92 Å². The Morgan fingerprint density at radius 3 is 2.86 bits per heavy atom. The number of rotatable bonds is 0. The van der Waals surface area contributed by atoms with E-state index in [0.29, 0.717) is 0 Å². The van der Waals surface area contributed by atoms with Crippen molar-refractivity contribution in [2.45, 2.75) is 19.7 Å². The highest BCUT2D eigenvalue weighted by molar-refractivity contribution is 6.42. The molecule has 1 heteroatoms. The second-order valence-electron chi connectivity index (χ2n) is 2.18. The summed E-state index contributed by atoms with van der Waals surface area (Å²) in [4.78, 5) is 0. The van der Waals surface area contributed by atoms with E-state index >= 15 is 0 Å². The standard InChI is InChI=1S/C6H10B/c1-6-2-4-7-5-3-6/h2,4,6H,3,5H2,1H3. The van der Waals surface area contributed by atoms with E-state index in [4.69, 9.17) is 0 Å². The van der Waals surface area contributed by atoms with Crippen molar-refractivity contribution in [2.24, 2.45) is 5.92 Å². The first-order valence-electron chi connectivity index (χ1n) is 2.89. The summed E-state index contributed by atoms with van der Waals surface area (Å²) in [5, 5.41) is 0. The predicted octanol–water partition coefficient (Wildman–Crippen LogP) is 1.66. The lowest BCUT2D eigenvalue weighted by Gasteiger charge is -2.07. The first-order chi connectivity index (χ1) is 3.39. The maximum Gasteiger partial charge on any atom is 0.140 e. The van der Waals surface area contributed by atoms with Crippen LogP contribution in [0.4, 0.5) is 0 Å². The first kappa shape index (κ1) is 4.95. The van der Waals surface area contributed by atoms with Gasteiger partial charge in [0.2, 0.25) is 0 Å². The third-order valence-electron chi connectivity index (χ3n) is 1.36. The fraction of sp³-hybridized carbons (Fsp3) is 0.667. The Kier molecular flexibility index (Phi) is 1.56. The van der Waals surface area contributed by atoms with Crippen LogP contribution in [0.25, 0.3) is 0 Å². The minimum atomic E-state index is 0.824. The van der Waals surface area contributed by atoms with Crippen LogP contribution in [0.5, 0.6) is 0 Å². The van der Waals surface area contributed by atoms with Gasteiger partial charge in [0, 0.05) is 0 Å². The normalized spacial score (nSPS) is 29.6. The van der Waals surface area contributed by atoms with Crippen LogP contribution in [0.2, 0.25) is 6.32 Å². The predicted molar refractivity (Wildman–Crippen MR) is 33.5 cm³/mol. The molecule has 1 atom stereocenters. The number of hydrogen-bond donors (Lipinski definition) is 0. The van der Waals surface area contributed by atoms with E-state index in [9.17, 15) is 0 Å². The molecule has 1 aliphatic heterocycles. The lowest BCUT2D eigenvalue weighted by atomic mass is 9.67. The molecule has 1 aliphatic rings. The molecule has 1 unspecified atom stereocenters. The third-order valence-corrected chi connectivity index (χ3v) is 1.36. The summed E-state index contributed by atoms with van der Waals surface area (Å²) in [6.45, 7) is 2.25. The average Bonchev–Trinajstić information content (AvgIpc) is 1.69. The van der Waals surface area contributed by atoms with Gasteiger partial charge in [0.1, 0.15) is 7.28 Å². The maximum absolute atomic E-state index is 2.25. The van der Waals surface area contributed by atoms with Crippen LogP contribution >= 0.6 is 0 Å². The van der Waals surface area contributed by atoms with Crippen LogP contribution in [0.3, 0.4) is 0 Å². The van der Waals surface area contributed by atoms with Gasteiger partial charge in [-0.3, -0.25) is 0 Å². The average molecular weight is 93.0 g/mol. The van der Waals surface area contributed by atoms with E-state index in [2.05, 4.69) is 26.3 Å². The summed E-state index contributed by atoms with van der Waals surface area (Å²) in [6, 6.07) is 0. The van der Waals surface area contributed by atoms with Crippen LogP contribution < -0.4 is 0 Å².